The molecule has 1 aromatic heterocycles. The van der Waals surface area contributed by atoms with Gasteiger partial charge in [-0.1, -0.05) is 17.3 Å². The van der Waals surface area contributed by atoms with E-state index in [2.05, 4.69) is 10.1 Å². The Morgan fingerprint density at radius 3 is 2.31 bits per heavy atom. The maximum absolute atomic E-state index is 12.3. The number of carbonyl (C=O) groups excluding carboxylic acids is 1. The molecule has 13 nitrogen and oxygen atoms in total. The number of nitro benzene ring substituents is 2. The first kappa shape index (κ1) is 24.6. The lowest BCUT2D eigenvalue weighted by molar-refractivity contribution is -0.384. The van der Waals surface area contributed by atoms with Gasteiger partial charge in [0.2, 0.25) is 5.82 Å². The van der Waals surface area contributed by atoms with Gasteiger partial charge in [0.1, 0.15) is 16.9 Å². The zero-order valence-electron chi connectivity index (χ0n) is 19.9. The van der Waals surface area contributed by atoms with Gasteiger partial charge in [-0.05, 0) is 39.0 Å². The Morgan fingerprint density at radius 1 is 1.00 bits per heavy atom. The standard InChI is InChI=1S/C23H24N6O7/c1-23(2,3)35-22(30)27-12-10-26(11-13-27)18-9-8-15(14-19(18)29(33)34)21-24-20(25-36-21)16-6-4-5-7-17(16)28(31)32/h4-9,14H,10-13H2,1-3H3. The third kappa shape index (κ3) is 5.24. The number of hydrogen-bond acceptors (Lipinski definition) is 10. The van der Waals surface area contributed by atoms with Crippen LogP contribution < -0.4 is 4.90 Å². The van der Waals surface area contributed by atoms with Crippen molar-refractivity contribution in [2.75, 3.05) is 31.1 Å². The van der Waals surface area contributed by atoms with Crippen molar-refractivity contribution in [1.82, 2.24) is 15.0 Å². The number of anilines is 1. The number of ether oxygens (including phenoxy) is 1. The summed E-state index contributed by atoms with van der Waals surface area (Å²) in [4.78, 5) is 42.1. The highest BCUT2D eigenvalue weighted by Gasteiger charge is 2.29. The maximum atomic E-state index is 12.3. The van der Waals surface area contributed by atoms with Gasteiger partial charge in [0.15, 0.2) is 0 Å². The van der Waals surface area contributed by atoms with Gasteiger partial charge in [-0.3, -0.25) is 20.2 Å². The lowest BCUT2D eigenvalue weighted by atomic mass is 10.1. The third-order valence-electron chi connectivity index (χ3n) is 5.46. The number of piperazine rings is 1. The first-order valence-electron chi connectivity index (χ1n) is 11.1. The lowest BCUT2D eigenvalue weighted by Crippen LogP contribution is -2.50. The summed E-state index contributed by atoms with van der Waals surface area (Å²) in [5.74, 6) is -0.00478. The van der Waals surface area contributed by atoms with Gasteiger partial charge in [0, 0.05) is 43.9 Å². The van der Waals surface area contributed by atoms with E-state index >= 15 is 0 Å². The molecule has 188 valence electrons. The summed E-state index contributed by atoms with van der Waals surface area (Å²) in [7, 11) is 0. The summed E-state index contributed by atoms with van der Waals surface area (Å²) in [6, 6.07) is 10.5. The summed E-state index contributed by atoms with van der Waals surface area (Å²) in [6.45, 7) is 6.87. The summed E-state index contributed by atoms with van der Waals surface area (Å²) >= 11 is 0. The maximum Gasteiger partial charge on any atom is 0.410 e. The number of aromatic nitrogens is 2. The van der Waals surface area contributed by atoms with Crippen LogP contribution in [0, 0.1) is 20.2 Å². The van der Waals surface area contributed by atoms with Crippen LogP contribution in [0.15, 0.2) is 47.0 Å². The van der Waals surface area contributed by atoms with E-state index in [4.69, 9.17) is 9.26 Å². The summed E-state index contributed by atoms with van der Waals surface area (Å²) in [5.41, 5.74) is -0.0869. The molecule has 1 saturated heterocycles. The number of nitro groups is 2. The van der Waals surface area contributed by atoms with Gasteiger partial charge < -0.3 is 19.1 Å². The molecule has 0 radical (unpaired) electrons. The molecule has 0 unspecified atom stereocenters. The van der Waals surface area contributed by atoms with E-state index in [1.54, 1.807) is 43.9 Å². The Hall–Kier alpha value is -4.55. The van der Waals surface area contributed by atoms with E-state index in [1.807, 2.05) is 4.90 Å². The Morgan fingerprint density at radius 2 is 1.67 bits per heavy atom. The Kier molecular flexibility index (Phi) is 6.55. The van der Waals surface area contributed by atoms with Crippen molar-refractivity contribution in [3.8, 4) is 22.8 Å². The molecule has 1 aliphatic rings. The Labute approximate surface area is 205 Å². The summed E-state index contributed by atoms with van der Waals surface area (Å²) in [6.07, 6.45) is -0.419. The minimum Gasteiger partial charge on any atom is -0.444 e. The van der Waals surface area contributed by atoms with Gasteiger partial charge in [-0.2, -0.15) is 4.98 Å². The third-order valence-corrected chi connectivity index (χ3v) is 5.46. The highest BCUT2D eigenvalue weighted by atomic mass is 16.6. The average molecular weight is 496 g/mol. The number of carbonyl (C=O) groups is 1. The molecule has 36 heavy (non-hydrogen) atoms. The van der Waals surface area contributed by atoms with Crippen molar-refractivity contribution >= 4 is 23.2 Å². The second kappa shape index (κ2) is 9.60. The van der Waals surface area contributed by atoms with Gasteiger partial charge in [-0.25, -0.2) is 4.79 Å². The zero-order chi connectivity index (χ0) is 26.0. The second-order valence-electron chi connectivity index (χ2n) is 9.11. The number of hydrogen-bond donors (Lipinski definition) is 0. The SMILES string of the molecule is CC(C)(C)OC(=O)N1CCN(c2ccc(-c3nc(-c4ccccc4[N+](=O)[O-])no3)cc2[N+](=O)[O-])CC1. The molecule has 1 fully saturated rings. The van der Waals surface area contributed by atoms with Gasteiger partial charge in [-0.15, -0.1) is 0 Å². The molecular formula is C23H24N6O7. The van der Waals surface area contributed by atoms with Crippen LogP contribution >= 0.6 is 0 Å². The van der Waals surface area contributed by atoms with Crippen LogP contribution in [-0.4, -0.2) is 62.8 Å². The zero-order valence-corrected chi connectivity index (χ0v) is 19.9. The van der Waals surface area contributed by atoms with Gasteiger partial charge in [0.25, 0.3) is 17.3 Å². The van der Waals surface area contributed by atoms with Crippen molar-refractivity contribution in [3.05, 3.63) is 62.7 Å². The van der Waals surface area contributed by atoms with Crippen molar-refractivity contribution in [3.63, 3.8) is 0 Å². The predicted octanol–water partition coefficient (Wildman–Crippen LogP) is 4.28. The summed E-state index contributed by atoms with van der Waals surface area (Å²) in [5, 5.41) is 27.0. The molecule has 3 aromatic rings. The first-order chi connectivity index (χ1) is 17.0. The quantitative estimate of drug-likeness (QED) is 0.369. The van der Waals surface area contributed by atoms with Crippen LogP contribution in [0.25, 0.3) is 22.8 Å². The molecule has 0 N–H and O–H groups in total. The van der Waals surface area contributed by atoms with Crippen LogP contribution in [0.3, 0.4) is 0 Å². The van der Waals surface area contributed by atoms with Crippen molar-refractivity contribution < 1.29 is 23.9 Å². The molecule has 0 spiro atoms. The Balaban J connectivity index is 1.55. The van der Waals surface area contributed by atoms with E-state index in [9.17, 15) is 25.0 Å². The lowest BCUT2D eigenvalue weighted by Gasteiger charge is -2.36. The first-order valence-corrected chi connectivity index (χ1v) is 11.1. The highest BCUT2D eigenvalue weighted by Crippen LogP contribution is 2.35. The van der Waals surface area contributed by atoms with Crippen molar-refractivity contribution in [2.24, 2.45) is 0 Å². The molecule has 0 aliphatic carbocycles. The topological polar surface area (TPSA) is 158 Å². The fraction of sp³-hybridized carbons (Fsp3) is 0.348. The Bertz CT molecular complexity index is 1310. The highest BCUT2D eigenvalue weighted by molar-refractivity contribution is 5.74. The van der Waals surface area contributed by atoms with Crippen LogP contribution in [0.4, 0.5) is 21.9 Å². The second-order valence-corrected chi connectivity index (χ2v) is 9.11. The van der Waals surface area contributed by atoms with Gasteiger partial charge in [0.05, 0.1) is 9.85 Å². The molecule has 2 aromatic carbocycles. The average Bonchev–Trinajstić information content (AvgIpc) is 3.33. The molecule has 4 rings (SSSR count). The smallest absolute Gasteiger partial charge is 0.410 e. The van der Waals surface area contributed by atoms with E-state index in [1.165, 1.54) is 24.3 Å². The molecule has 2 heterocycles. The molecule has 0 saturated carbocycles. The fourth-order valence-corrected chi connectivity index (χ4v) is 3.80. The van der Waals surface area contributed by atoms with E-state index in [0.717, 1.165) is 0 Å². The number of rotatable bonds is 5. The number of nitrogens with zero attached hydrogens (tertiary/aromatic N) is 6. The van der Waals surface area contributed by atoms with Crippen LogP contribution in [0.5, 0.6) is 0 Å². The van der Waals surface area contributed by atoms with Crippen LogP contribution in [0.1, 0.15) is 20.8 Å². The van der Waals surface area contributed by atoms with Crippen LogP contribution in [-0.2, 0) is 4.74 Å². The monoisotopic (exact) mass is 496 g/mol. The van der Waals surface area contributed by atoms with Crippen LogP contribution in [0.2, 0.25) is 0 Å². The molecule has 0 atom stereocenters. The fourth-order valence-electron chi connectivity index (χ4n) is 3.80. The minimum atomic E-state index is -0.608. The predicted molar refractivity (Wildman–Crippen MR) is 128 cm³/mol. The molecule has 1 amide bonds. The molecule has 1 aliphatic heterocycles. The molecule has 0 bridgehead atoms. The van der Waals surface area contributed by atoms with E-state index in [-0.39, 0.29) is 28.7 Å². The van der Waals surface area contributed by atoms with E-state index in [0.29, 0.717) is 37.4 Å². The number of para-hydroxylation sites is 1. The number of amides is 1. The van der Waals surface area contributed by atoms with Crippen molar-refractivity contribution in [2.45, 2.75) is 26.4 Å². The normalized spacial score (nSPS) is 14.0. The summed E-state index contributed by atoms with van der Waals surface area (Å²) < 4.78 is 10.7. The molecule has 13 heteroatoms. The van der Waals surface area contributed by atoms with Gasteiger partial charge >= 0.3 is 6.09 Å². The largest absolute Gasteiger partial charge is 0.444 e. The number of benzene rings is 2. The minimum absolute atomic E-state index is 0.00212. The van der Waals surface area contributed by atoms with E-state index < -0.39 is 21.5 Å². The molecular weight excluding hydrogens is 472 g/mol. The van der Waals surface area contributed by atoms with Crippen molar-refractivity contribution in [1.29, 1.82) is 0 Å².